The number of rotatable bonds is 8. The monoisotopic (exact) mass is 393 g/mol. The SMILES string of the molecule is CN(CCc1ccccc1)C(=O)CC(CC(=O)O)c1ccc(Cl)c(Cl)c1. The van der Waals surface area contributed by atoms with E-state index in [1.165, 1.54) is 0 Å². The minimum Gasteiger partial charge on any atom is -0.481 e. The van der Waals surface area contributed by atoms with Crippen molar-refractivity contribution in [2.24, 2.45) is 0 Å². The fourth-order valence-electron chi connectivity index (χ4n) is 2.72. The minimum atomic E-state index is -0.958. The highest BCUT2D eigenvalue weighted by atomic mass is 35.5. The van der Waals surface area contributed by atoms with Crippen LogP contribution in [-0.2, 0) is 16.0 Å². The Morgan fingerprint density at radius 1 is 1.04 bits per heavy atom. The molecule has 2 aromatic carbocycles. The second-order valence-corrected chi connectivity index (χ2v) is 7.04. The van der Waals surface area contributed by atoms with Gasteiger partial charge in [-0.05, 0) is 29.7 Å². The quantitative estimate of drug-likeness (QED) is 0.710. The van der Waals surface area contributed by atoms with Gasteiger partial charge in [0.2, 0.25) is 5.91 Å². The van der Waals surface area contributed by atoms with Crippen molar-refractivity contribution >= 4 is 35.1 Å². The summed E-state index contributed by atoms with van der Waals surface area (Å²) in [6, 6.07) is 14.9. The van der Waals surface area contributed by atoms with Gasteiger partial charge in [-0.1, -0.05) is 59.6 Å². The first-order valence-corrected chi connectivity index (χ1v) is 9.07. The van der Waals surface area contributed by atoms with Crippen LogP contribution < -0.4 is 0 Å². The van der Waals surface area contributed by atoms with Crippen LogP contribution in [0.5, 0.6) is 0 Å². The van der Waals surface area contributed by atoms with E-state index in [4.69, 9.17) is 23.2 Å². The topological polar surface area (TPSA) is 57.6 Å². The molecule has 6 heteroatoms. The Balaban J connectivity index is 2.03. The molecule has 0 aliphatic heterocycles. The number of hydrogen-bond donors (Lipinski definition) is 1. The first-order valence-electron chi connectivity index (χ1n) is 8.31. The molecular weight excluding hydrogens is 373 g/mol. The summed E-state index contributed by atoms with van der Waals surface area (Å²) in [7, 11) is 1.73. The van der Waals surface area contributed by atoms with Gasteiger partial charge in [-0.3, -0.25) is 9.59 Å². The number of carboxylic acids is 1. The van der Waals surface area contributed by atoms with Gasteiger partial charge in [0.05, 0.1) is 16.5 Å². The van der Waals surface area contributed by atoms with Gasteiger partial charge >= 0.3 is 5.97 Å². The zero-order valence-electron chi connectivity index (χ0n) is 14.5. The maximum atomic E-state index is 12.6. The highest BCUT2D eigenvalue weighted by molar-refractivity contribution is 6.42. The summed E-state index contributed by atoms with van der Waals surface area (Å²) in [5.74, 6) is -1.51. The lowest BCUT2D eigenvalue weighted by Crippen LogP contribution is -2.30. The molecule has 0 aromatic heterocycles. The Bertz CT molecular complexity index is 765. The summed E-state index contributed by atoms with van der Waals surface area (Å²) in [5.41, 5.74) is 1.85. The average molecular weight is 394 g/mol. The fourth-order valence-corrected chi connectivity index (χ4v) is 3.02. The summed E-state index contributed by atoms with van der Waals surface area (Å²) in [6.45, 7) is 0.573. The summed E-state index contributed by atoms with van der Waals surface area (Å²) < 4.78 is 0. The molecular formula is C20H21Cl2NO3. The molecule has 0 aliphatic rings. The van der Waals surface area contributed by atoms with Crippen LogP contribution in [0.15, 0.2) is 48.5 Å². The average Bonchev–Trinajstić information content (AvgIpc) is 2.61. The standard InChI is InChI=1S/C20H21Cl2NO3/c1-23(10-9-14-5-3-2-4-6-14)19(24)12-16(13-20(25)26)15-7-8-17(21)18(22)11-15/h2-8,11,16H,9-10,12-13H2,1H3,(H,25,26). The molecule has 1 unspecified atom stereocenters. The maximum absolute atomic E-state index is 12.6. The number of hydrogen-bond acceptors (Lipinski definition) is 2. The molecule has 0 bridgehead atoms. The lowest BCUT2D eigenvalue weighted by atomic mass is 9.92. The lowest BCUT2D eigenvalue weighted by molar-refractivity contribution is -0.137. The van der Waals surface area contributed by atoms with Crippen molar-refractivity contribution in [2.75, 3.05) is 13.6 Å². The van der Waals surface area contributed by atoms with Gasteiger partial charge in [0.15, 0.2) is 0 Å². The first-order chi connectivity index (χ1) is 12.4. The highest BCUT2D eigenvalue weighted by Gasteiger charge is 2.22. The van der Waals surface area contributed by atoms with Crippen molar-refractivity contribution in [2.45, 2.75) is 25.2 Å². The number of halogens is 2. The van der Waals surface area contributed by atoms with Gasteiger partial charge in [0.25, 0.3) is 0 Å². The normalized spacial score (nSPS) is 11.8. The summed E-state index contributed by atoms with van der Waals surface area (Å²) in [6.07, 6.45) is 0.714. The third-order valence-corrected chi connectivity index (χ3v) is 5.00. The van der Waals surface area contributed by atoms with Crippen LogP contribution in [0, 0.1) is 0 Å². The molecule has 1 amide bonds. The van der Waals surface area contributed by atoms with Gasteiger partial charge in [0.1, 0.15) is 0 Å². The highest BCUT2D eigenvalue weighted by Crippen LogP contribution is 2.30. The molecule has 138 valence electrons. The lowest BCUT2D eigenvalue weighted by Gasteiger charge is -2.21. The molecule has 1 atom stereocenters. The van der Waals surface area contributed by atoms with Crippen LogP contribution in [0.3, 0.4) is 0 Å². The summed E-state index contributed by atoms with van der Waals surface area (Å²) in [5, 5.41) is 9.94. The van der Waals surface area contributed by atoms with Gasteiger partial charge in [0, 0.05) is 25.9 Å². The molecule has 0 saturated carbocycles. The third-order valence-electron chi connectivity index (χ3n) is 4.26. The van der Waals surface area contributed by atoms with Gasteiger partial charge in [-0.2, -0.15) is 0 Å². The molecule has 0 spiro atoms. The second-order valence-electron chi connectivity index (χ2n) is 6.22. The van der Waals surface area contributed by atoms with Gasteiger partial charge in [-0.15, -0.1) is 0 Å². The first kappa shape index (κ1) is 20.3. The smallest absolute Gasteiger partial charge is 0.303 e. The van der Waals surface area contributed by atoms with Crippen molar-refractivity contribution in [3.8, 4) is 0 Å². The van der Waals surface area contributed by atoms with Crippen LogP contribution in [0.25, 0.3) is 0 Å². The predicted octanol–water partition coefficient (Wildman–Crippen LogP) is 4.64. The summed E-state index contributed by atoms with van der Waals surface area (Å²) >= 11 is 12.0. The number of carbonyl (C=O) groups excluding carboxylic acids is 1. The van der Waals surface area contributed by atoms with Gasteiger partial charge < -0.3 is 10.0 Å². The third kappa shape index (κ3) is 6.04. The molecule has 1 N–H and O–H groups in total. The Kier molecular flexibility index (Phi) is 7.49. The van der Waals surface area contributed by atoms with Crippen LogP contribution in [-0.4, -0.2) is 35.5 Å². The molecule has 0 heterocycles. The maximum Gasteiger partial charge on any atom is 0.303 e. The number of carboxylic acid groups (broad SMARTS) is 1. The van der Waals surface area contributed by atoms with Crippen molar-refractivity contribution in [1.82, 2.24) is 4.90 Å². The predicted molar refractivity (Wildman–Crippen MR) is 104 cm³/mol. The molecule has 26 heavy (non-hydrogen) atoms. The van der Waals surface area contributed by atoms with E-state index in [9.17, 15) is 14.7 Å². The van der Waals surface area contributed by atoms with Gasteiger partial charge in [-0.25, -0.2) is 0 Å². The number of amides is 1. The number of likely N-dealkylation sites (N-methyl/N-ethyl adjacent to an activating group) is 1. The van der Waals surface area contributed by atoms with E-state index >= 15 is 0 Å². The van der Waals surface area contributed by atoms with Crippen molar-refractivity contribution in [3.05, 3.63) is 69.7 Å². The zero-order valence-corrected chi connectivity index (χ0v) is 16.0. The minimum absolute atomic E-state index is 0.0988. The number of aliphatic carboxylic acids is 1. The van der Waals surface area contributed by atoms with Crippen molar-refractivity contribution < 1.29 is 14.7 Å². The summed E-state index contributed by atoms with van der Waals surface area (Å²) in [4.78, 5) is 25.4. The molecule has 4 nitrogen and oxygen atoms in total. The molecule has 0 radical (unpaired) electrons. The number of benzene rings is 2. The van der Waals surface area contributed by atoms with E-state index in [0.29, 0.717) is 22.2 Å². The Morgan fingerprint density at radius 3 is 2.35 bits per heavy atom. The molecule has 0 fully saturated rings. The van der Waals surface area contributed by atoms with Crippen LogP contribution >= 0.6 is 23.2 Å². The van der Waals surface area contributed by atoms with Crippen molar-refractivity contribution in [3.63, 3.8) is 0 Å². The van der Waals surface area contributed by atoms with E-state index in [1.807, 2.05) is 30.3 Å². The van der Waals surface area contributed by atoms with Crippen LogP contribution in [0.4, 0.5) is 0 Å². The zero-order chi connectivity index (χ0) is 19.1. The number of nitrogens with zero attached hydrogens (tertiary/aromatic N) is 1. The van der Waals surface area contributed by atoms with Crippen molar-refractivity contribution in [1.29, 1.82) is 0 Å². The fraction of sp³-hybridized carbons (Fsp3) is 0.300. The van der Waals surface area contributed by atoms with E-state index < -0.39 is 11.9 Å². The van der Waals surface area contributed by atoms with E-state index in [0.717, 1.165) is 12.0 Å². The molecule has 2 rings (SSSR count). The van der Waals surface area contributed by atoms with E-state index in [2.05, 4.69) is 0 Å². The second kappa shape index (κ2) is 9.60. The largest absolute Gasteiger partial charge is 0.481 e. The van der Waals surface area contributed by atoms with E-state index in [-0.39, 0.29) is 18.7 Å². The number of carbonyl (C=O) groups is 2. The van der Waals surface area contributed by atoms with Crippen LogP contribution in [0.2, 0.25) is 10.0 Å². The Morgan fingerprint density at radius 2 is 1.73 bits per heavy atom. The Labute approximate surface area is 163 Å². The van der Waals surface area contributed by atoms with Crippen LogP contribution in [0.1, 0.15) is 29.9 Å². The van der Waals surface area contributed by atoms with E-state index in [1.54, 1.807) is 30.1 Å². The molecule has 0 saturated heterocycles. The Hall–Kier alpha value is -2.04. The molecule has 0 aliphatic carbocycles. The molecule has 2 aromatic rings.